The number of allylic oxidation sites excluding steroid dienone is 2. The van der Waals surface area contributed by atoms with Gasteiger partial charge in [-0.15, -0.1) is 6.42 Å². The molecule has 1 heterocycles. The van der Waals surface area contributed by atoms with Crippen LogP contribution in [0.25, 0.3) is 0 Å². The quantitative estimate of drug-likeness (QED) is 0.617. The zero-order chi connectivity index (χ0) is 10.1. The minimum atomic E-state index is -0.0605. The zero-order valence-electron chi connectivity index (χ0n) is 8.16. The maximum atomic E-state index is 5.38. The highest BCUT2D eigenvalue weighted by Crippen LogP contribution is 2.12. The molecule has 1 unspecified atom stereocenters. The highest BCUT2D eigenvalue weighted by molar-refractivity contribution is 5.22. The van der Waals surface area contributed by atoms with Gasteiger partial charge in [0.05, 0.1) is 0 Å². The summed E-state index contributed by atoms with van der Waals surface area (Å²) in [5.74, 6) is 7.96. The molecule has 0 aromatic carbocycles. The Morgan fingerprint density at radius 1 is 1.43 bits per heavy atom. The van der Waals surface area contributed by atoms with Gasteiger partial charge in [-0.3, -0.25) is 0 Å². The van der Waals surface area contributed by atoms with Gasteiger partial charge in [0.2, 0.25) is 0 Å². The first-order chi connectivity index (χ1) is 6.93. The maximum absolute atomic E-state index is 5.38. The minimum Gasteiger partial charge on any atom is -0.353 e. The number of rotatable bonds is 2. The summed E-state index contributed by atoms with van der Waals surface area (Å²) in [4.78, 5) is 0. The largest absolute Gasteiger partial charge is 0.353 e. The molecule has 2 heteroatoms. The van der Waals surface area contributed by atoms with Crippen LogP contribution in [0.2, 0.25) is 0 Å². The third-order valence-electron chi connectivity index (χ3n) is 1.84. The molecule has 0 aromatic rings. The summed E-state index contributed by atoms with van der Waals surface area (Å²) in [6.45, 7) is 1.20. The van der Waals surface area contributed by atoms with Crippen LogP contribution in [0.15, 0.2) is 12.2 Å². The van der Waals surface area contributed by atoms with E-state index in [2.05, 4.69) is 17.8 Å². The molecule has 0 bridgehead atoms. The molecule has 1 saturated heterocycles. The van der Waals surface area contributed by atoms with E-state index >= 15 is 0 Å². The van der Waals surface area contributed by atoms with Crippen LogP contribution in [0.5, 0.6) is 0 Å². The van der Waals surface area contributed by atoms with Crippen molar-refractivity contribution >= 4 is 0 Å². The fraction of sp³-hybridized carbons (Fsp3) is 0.500. The Kier molecular flexibility index (Phi) is 5.59. The van der Waals surface area contributed by atoms with Crippen LogP contribution in [0, 0.1) is 24.2 Å². The Hall–Kier alpha value is -1.22. The van der Waals surface area contributed by atoms with Crippen molar-refractivity contribution in [1.82, 2.24) is 0 Å². The van der Waals surface area contributed by atoms with Crippen LogP contribution < -0.4 is 0 Å². The van der Waals surface area contributed by atoms with E-state index < -0.39 is 0 Å². The molecule has 1 rings (SSSR count). The van der Waals surface area contributed by atoms with Crippen LogP contribution >= 0.6 is 0 Å². The second kappa shape index (κ2) is 7.21. The first kappa shape index (κ1) is 10.9. The summed E-state index contributed by atoms with van der Waals surface area (Å²) < 4.78 is 10.7. The first-order valence-corrected chi connectivity index (χ1v) is 4.76. The predicted octanol–water partition coefficient (Wildman–Crippen LogP) is 1.72. The van der Waals surface area contributed by atoms with Crippen molar-refractivity contribution in [2.45, 2.75) is 25.6 Å². The molecule has 0 radical (unpaired) electrons. The molecule has 0 aromatic heterocycles. The fourth-order valence-corrected chi connectivity index (χ4v) is 1.17. The van der Waals surface area contributed by atoms with E-state index in [4.69, 9.17) is 15.9 Å². The lowest BCUT2D eigenvalue weighted by atomic mass is 10.2. The number of ether oxygens (including phenoxy) is 2. The molecule has 0 amide bonds. The average molecular weight is 190 g/mol. The third-order valence-corrected chi connectivity index (χ3v) is 1.84. The van der Waals surface area contributed by atoms with Crippen molar-refractivity contribution in [3.63, 3.8) is 0 Å². The molecule has 0 aliphatic carbocycles. The number of hydrogen-bond acceptors (Lipinski definition) is 2. The molecule has 74 valence electrons. The van der Waals surface area contributed by atoms with Crippen molar-refractivity contribution in [3.8, 4) is 24.2 Å². The summed E-state index contributed by atoms with van der Waals surface area (Å²) >= 11 is 0. The average Bonchev–Trinajstić information content (AvgIpc) is 2.25. The van der Waals surface area contributed by atoms with Gasteiger partial charge in [-0.1, -0.05) is 17.8 Å². The Morgan fingerprint density at radius 2 is 2.36 bits per heavy atom. The lowest BCUT2D eigenvalue weighted by molar-refractivity contribution is -0.154. The molecule has 0 saturated carbocycles. The number of terminal acetylenes is 1. The third kappa shape index (κ3) is 4.72. The van der Waals surface area contributed by atoms with Crippen molar-refractivity contribution in [2.75, 3.05) is 13.2 Å². The van der Waals surface area contributed by atoms with Gasteiger partial charge in [0.15, 0.2) is 6.29 Å². The highest BCUT2D eigenvalue weighted by atomic mass is 16.7. The lowest BCUT2D eigenvalue weighted by Gasteiger charge is -2.21. The minimum absolute atomic E-state index is 0.0605. The van der Waals surface area contributed by atoms with E-state index in [-0.39, 0.29) is 6.29 Å². The first-order valence-electron chi connectivity index (χ1n) is 4.76. The topological polar surface area (TPSA) is 18.5 Å². The molecule has 1 aliphatic heterocycles. The Bertz CT molecular complexity index is 269. The maximum Gasteiger partial charge on any atom is 0.158 e. The monoisotopic (exact) mass is 190 g/mol. The van der Waals surface area contributed by atoms with Gasteiger partial charge in [-0.05, 0) is 31.4 Å². The summed E-state index contributed by atoms with van der Waals surface area (Å²) in [7, 11) is 0. The summed E-state index contributed by atoms with van der Waals surface area (Å²) in [5.41, 5.74) is 0. The Balaban J connectivity index is 2.10. The molecule has 2 nitrogen and oxygen atoms in total. The van der Waals surface area contributed by atoms with Gasteiger partial charge < -0.3 is 9.47 Å². The van der Waals surface area contributed by atoms with Gasteiger partial charge >= 0.3 is 0 Å². The molecule has 0 N–H and O–H groups in total. The van der Waals surface area contributed by atoms with Crippen LogP contribution in [0.3, 0.4) is 0 Å². The molecule has 1 atom stereocenters. The van der Waals surface area contributed by atoms with Gasteiger partial charge in [0.25, 0.3) is 0 Å². The molecular formula is C12H14O2. The summed E-state index contributed by atoms with van der Waals surface area (Å²) in [5, 5.41) is 0. The van der Waals surface area contributed by atoms with Crippen LogP contribution in [-0.2, 0) is 9.47 Å². The molecular weight excluding hydrogens is 176 g/mol. The van der Waals surface area contributed by atoms with E-state index in [0.717, 1.165) is 19.4 Å². The Labute approximate surface area is 85.3 Å². The standard InChI is InChI=1S/C12H14O2/c1-2-3-4-5-7-10-13-12-9-6-8-11-14-12/h1,3-4,12H,6,8-11H2. The zero-order valence-corrected chi connectivity index (χ0v) is 8.16. The van der Waals surface area contributed by atoms with Crippen LogP contribution in [0.1, 0.15) is 19.3 Å². The van der Waals surface area contributed by atoms with E-state index in [1.54, 1.807) is 12.2 Å². The van der Waals surface area contributed by atoms with Gasteiger partial charge in [-0.2, -0.15) is 0 Å². The van der Waals surface area contributed by atoms with Crippen molar-refractivity contribution in [1.29, 1.82) is 0 Å². The van der Waals surface area contributed by atoms with Crippen molar-refractivity contribution in [2.24, 2.45) is 0 Å². The molecule has 1 aliphatic rings. The smallest absolute Gasteiger partial charge is 0.158 e. The van der Waals surface area contributed by atoms with Crippen molar-refractivity contribution in [3.05, 3.63) is 12.2 Å². The van der Waals surface area contributed by atoms with Crippen LogP contribution in [0.4, 0.5) is 0 Å². The van der Waals surface area contributed by atoms with E-state index in [9.17, 15) is 0 Å². The van der Waals surface area contributed by atoms with Crippen LogP contribution in [-0.4, -0.2) is 19.5 Å². The molecule has 14 heavy (non-hydrogen) atoms. The van der Waals surface area contributed by atoms with Crippen molar-refractivity contribution < 1.29 is 9.47 Å². The SMILES string of the molecule is C#CC=CC#CCOC1CCCCO1. The second-order valence-electron chi connectivity index (χ2n) is 2.93. The summed E-state index contributed by atoms with van der Waals surface area (Å²) in [6, 6.07) is 0. The number of hydrogen-bond donors (Lipinski definition) is 0. The van der Waals surface area contributed by atoms with E-state index in [1.165, 1.54) is 6.42 Å². The fourth-order valence-electron chi connectivity index (χ4n) is 1.17. The normalized spacial score (nSPS) is 21.2. The Morgan fingerprint density at radius 3 is 3.07 bits per heavy atom. The summed E-state index contributed by atoms with van der Waals surface area (Å²) in [6.07, 6.45) is 11.4. The molecule has 1 fully saturated rings. The van der Waals surface area contributed by atoms with Gasteiger partial charge in [0.1, 0.15) is 6.61 Å². The van der Waals surface area contributed by atoms with Gasteiger partial charge in [-0.25, -0.2) is 0 Å². The van der Waals surface area contributed by atoms with E-state index in [0.29, 0.717) is 6.61 Å². The second-order valence-corrected chi connectivity index (χ2v) is 2.93. The molecule has 0 spiro atoms. The van der Waals surface area contributed by atoms with Gasteiger partial charge in [0, 0.05) is 6.61 Å². The predicted molar refractivity (Wildman–Crippen MR) is 55.3 cm³/mol. The highest BCUT2D eigenvalue weighted by Gasteiger charge is 2.12. The lowest BCUT2D eigenvalue weighted by Crippen LogP contribution is -2.22. The van der Waals surface area contributed by atoms with E-state index in [1.807, 2.05) is 0 Å².